The molecule has 0 aliphatic rings. The first-order valence-electron chi connectivity index (χ1n) is 9.60. The molecule has 2 amide bonds. The van der Waals surface area contributed by atoms with Crippen LogP contribution in [0.25, 0.3) is 10.2 Å². The average molecular weight is 467 g/mol. The highest BCUT2D eigenvalue weighted by Crippen LogP contribution is 2.25. The Labute approximate surface area is 187 Å². The molecule has 162 valence electrons. The van der Waals surface area contributed by atoms with Crippen LogP contribution in [0.2, 0.25) is 0 Å². The molecule has 0 saturated heterocycles. The van der Waals surface area contributed by atoms with Gasteiger partial charge in [0.05, 0.1) is 16.3 Å². The van der Waals surface area contributed by atoms with Crippen LogP contribution in [0, 0.1) is 11.3 Å². The maximum absolute atomic E-state index is 12.9. The Morgan fingerprint density at radius 3 is 2.80 bits per heavy atom. The van der Waals surface area contributed by atoms with E-state index in [0.29, 0.717) is 41.4 Å². The summed E-state index contributed by atoms with van der Waals surface area (Å²) in [5.74, 6) is 0.754. The lowest BCUT2D eigenvalue weighted by Crippen LogP contribution is -2.50. The number of hydrogen-bond donors (Lipinski definition) is 4. The third-order valence-electron chi connectivity index (χ3n) is 4.12. The van der Waals surface area contributed by atoms with Crippen molar-refractivity contribution in [2.75, 3.05) is 23.4 Å². The summed E-state index contributed by atoms with van der Waals surface area (Å²) in [4.78, 5) is 29.5. The number of nitrogens with two attached hydrogens (primary N) is 2. The minimum absolute atomic E-state index is 0.312. The van der Waals surface area contributed by atoms with Crippen molar-refractivity contribution in [2.45, 2.75) is 38.3 Å². The number of aromatic nitrogens is 1. The van der Waals surface area contributed by atoms with Gasteiger partial charge in [0.2, 0.25) is 11.8 Å². The lowest BCUT2D eigenvalue weighted by atomic mass is 10.1. The summed E-state index contributed by atoms with van der Waals surface area (Å²) in [6, 6.07) is 5.89. The first-order chi connectivity index (χ1) is 14.5. The summed E-state index contributed by atoms with van der Waals surface area (Å²) in [6.07, 6.45) is 1.95. The molecular weight excluding hydrogens is 440 g/mol. The van der Waals surface area contributed by atoms with Crippen LogP contribution in [0.1, 0.15) is 31.2 Å². The molecule has 0 spiro atoms. The summed E-state index contributed by atoms with van der Waals surface area (Å²) in [7, 11) is 3.18. The SMILES string of the molecule is CCSSCC(N)C(=O)NC(CCCCN)C(=O)Nc1ccc2nc(C#N)sc2c1. The second kappa shape index (κ2) is 12.8. The van der Waals surface area contributed by atoms with Gasteiger partial charge in [0.25, 0.3) is 0 Å². The van der Waals surface area contributed by atoms with E-state index in [0.717, 1.165) is 16.9 Å². The number of unbranched alkanes of at least 4 members (excludes halogenated alkanes) is 1. The van der Waals surface area contributed by atoms with Gasteiger partial charge < -0.3 is 22.1 Å². The molecule has 1 aromatic carbocycles. The van der Waals surface area contributed by atoms with Crippen molar-refractivity contribution >= 4 is 60.6 Å². The van der Waals surface area contributed by atoms with Gasteiger partial charge in [0.1, 0.15) is 12.1 Å². The van der Waals surface area contributed by atoms with Gasteiger partial charge in [0.15, 0.2) is 5.01 Å². The second-order valence-electron chi connectivity index (χ2n) is 6.45. The predicted molar refractivity (Wildman–Crippen MR) is 126 cm³/mol. The third-order valence-corrected chi connectivity index (χ3v) is 7.55. The normalized spacial score (nSPS) is 12.9. The van der Waals surface area contributed by atoms with Crippen LogP contribution in [0.5, 0.6) is 0 Å². The minimum atomic E-state index is -0.703. The number of anilines is 1. The molecule has 0 saturated carbocycles. The van der Waals surface area contributed by atoms with Crippen LogP contribution in [0.15, 0.2) is 18.2 Å². The van der Waals surface area contributed by atoms with Gasteiger partial charge in [-0.25, -0.2) is 4.98 Å². The first-order valence-corrected chi connectivity index (χ1v) is 12.9. The number of amides is 2. The zero-order chi connectivity index (χ0) is 21.9. The van der Waals surface area contributed by atoms with Crippen molar-refractivity contribution < 1.29 is 9.59 Å². The average Bonchev–Trinajstić information content (AvgIpc) is 3.15. The first kappa shape index (κ1) is 24.4. The van der Waals surface area contributed by atoms with E-state index in [9.17, 15) is 9.59 Å². The Bertz CT molecular complexity index is 898. The Balaban J connectivity index is 2.04. The topological polar surface area (TPSA) is 147 Å². The maximum atomic E-state index is 12.9. The molecule has 2 rings (SSSR count). The number of carbonyl (C=O) groups excluding carboxylic acids is 2. The number of carbonyl (C=O) groups is 2. The van der Waals surface area contributed by atoms with Crippen LogP contribution < -0.4 is 22.1 Å². The van der Waals surface area contributed by atoms with E-state index in [2.05, 4.69) is 15.6 Å². The van der Waals surface area contributed by atoms with Gasteiger partial charge >= 0.3 is 0 Å². The largest absolute Gasteiger partial charge is 0.343 e. The van der Waals surface area contributed by atoms with E-state index < -0.39 is 12.1 Å². The smallest absolute Gasteiger partial charge is 0.246 e. The summed E-state index contributed by atoms with van der Waals surface area (Å²) < 4.78 is 0.806. The van der Waals surface area contributed by atoms with Crippen molar-refractivity contribution in [3.8, 4) is 6.07 Å². The molecule has 2 aromatic rings. The highest BCUT2D eigenvalue weighted by atomic mass is 33.1. The van der Waals surface area contributed by atoms with Crippen LogP contribution in [-0.2, 0) is 9.59 Å². The van der Waals surface area contributed by atoms with E-state index in [4.69, 9.17) is 16.7 Å². The van der Waals surface area contributed by atoms with Crippen LogP contribution in [0.4, 0.5) is 5.69 Å². The fourth-order valence-corrected chi connectivity index (χ4v) is 5.19. The maximum Gasteiger partial charge on any atom is 0.246 e. The van der Waals surface area contributed by atoms with Crippen molar-refractivity contribution in [3.05, 3.63) is 23.2 Å². The molecule has 0 aliphatic carbocycles. The lowest BCUT2D eigenvalue weighted by molar-refractivity contribution is -0.127. The van der Waals surface area contributed by atoms with Gasteiger partial charge in [-0.15, -0.1) is 11.3 Å². The van der Waals surface area contributed by atoms with Gasteiger partial charge in [-0.2, -0.15) is 5.26 Å². The number of fused-ring (bicyclic) bond motifs is 1. The summed E-state index contributed by atoms with van der Waals surface area (Å²) in [5, 5.41) is 15.0. The molecule has 30 heavy (non-hydrogen) atoms. The van der Waals surface area contributed by atoms with Gasteiger partial charge in [0, 0.05) is 17.2 Å². The van der Waals surface area contributed by atoms with E-state index >= 15 is 0 Å². The molecule has 0 fully saturated rings. The van der Waals surface area contributed by atoms with E-state index in [1.807, 2.05) is 13.0 Å². The Morgan fingerprint density at radius 2 is 2.10 bits per heavy atom. The van der Waals surface area contributed by atoms with Crippen molar-refractivity contribution in [3.63, 3.8) is 0 Å². The van der Waals surface area contributed by atoms with Gasteiger partial charge in [-0.3, -0.25) is 9.59 Å². The Hall–Kier alpha value is -1.84. The van der Waals surface area contributed by atoms with Crippen LogP contribution in [-0.4, -0.2) is 46.9 Å². The standard InChI is InChI=1S/C19H26N6O2S3/c1-2-28-29-11-13(22)18(26)25-15(5-3-4-8-20)19(27)23-12-6-7-14-16(9-12)30-17(10-21)24-14/h6-7,9,13,15H,2-5,8,11,20,22H2,1H3,(H,23,27)(H,25,26). The van der Waals surface area contributed by atoms with E-state index in [1.165, 1.54) is 11.3 Å². The molecular formula is C19H26N6O2S3. The molecule has 1 heterocycles. The van der Waals surface area contributed by atoms with Gasteiger partial charge in [-0.1, -0.05) is 28.5 Å². The molecule has 0 bridgehead atoms. The zero-order valence-corrected chi connectivity index (χ0v) is 19.2. The summed E-state index contributed by atoms with van der Waals surface area (Å²) >= 11 is 1.26. The molecule has 2 atom stereocenters. The third kappa shape index (κ3) is 7.45. The van der Waals surface area contributed by atoms with Crippen LogP contribution in [0.3, 0.4) is 0 Å². The summed E-state index contributed by atoms with van der Waals surface area (Å²) in [6.45, 7) is 2.56. The van der Waals surface area contributed by atoms with Crippen molar-refractivity contribution in [1.82, 2.24) is 10.3 Å². The molecule has 1 aromatic heterocycles. The fraction of sp³-hybridized carbons (Fsp3) is 0.474. The molecule has 2 unspecified atom stereocenters. The number of nitrogens with one attached hydrogen (secondary N) is 2. The van der Waals surface area contributed by atoms with Crippen molar-refractivity contribution in [1.29, 1.82) is 5.26 Å². The number of thiazole rings is 1. The van der Waals surface area contributed by atoms with Crippen LogP contribution >= 0.6 is 32.9 Å². The Kier molecular flexibility index (Phi) is 10.4. The van der Waals surface area contributed by atoms with Gasteiger partial charge in [-0.05, 0) is 44.0 Å². The number of rotatable bonds is 12. The zero-order valence-electron chi connectivity index (χ0n) is 16.7. The minimum Gasteiger partial charge on any atom is -0.343 e. The van der Waals surface area contributed by atoms with Crippen molar-refractivity contribution in [2.24, 2.45) is 11.5 Å². The number of benzene rings is 1. The molecule has 0 radical (unpaired) electrons. The number of hydrogen-bond acceptors (Lipinski definition) is 9. The van der Waals surface area contributed by atoms with E-state index in [1.54, 1.807) is 39.8 Å². The fourth-order valence-electron chi connectivity index (χ4n) is 2.60. The summed E-state index contributed by atoms with van der Waals surface area (Å²) in [5.41, 5.74) is 12.8. The predicted octanol–water partition coefficient (Wildman–Crippen LogP) is 2.45. The monoisotopic (exact) mass is 466 g/mol. The quantitative estimate of drug-likeness (QED) is 0.275. The second-order valence-corrected chi connectivity index (χ2v) is 10.3. The number of nitriles is 1. The molecule has 11 heteroatoms. The Morgan fingerprint density at radius 1 is 1.30 bits per heavy atom. The van der Waals surface area contributed by atoms with E-state index in [-0.39, 0.29) is 11.8 Å². The number of nitrogens with zero attached hydrogens (tertiary/aromatic N) is 2. The highest BCUT2D eigenvalue weighted by molar-refractivity contribution is 8.76. The highest BCUT2D eigenvalue weighted by Gasteiger charge is 2.24. The molecule has 0 aliphatic heterocycles. The molecule has 8 nitrogen and oxygen atoms in total. The lowest BCUT2D eigenvalue weighted by Gasteiger charge is -2.20. The molecule has 6 N–H and O–H groups in total.